The largest absolute Gasteiger partial charge is 0.493 e. The molecule has 26 heavy (non-hydrogen) atoms. The molecular formula is C18H16BrFN4O2. The molecule has 0 bridgehead atoms. The van der Waals surface area contributed by atoms with Gasteiger partial charge in [-0.3, -0.25) is 10.1 Å². The van der Waals surface area contributed by atoms with Crippen molar-refractivity contribution >= 4 is 27.8 Å². The predicted octanol–water partition coefficient (Wildman–Crippen LogP) is 3.64. The van der Waals surface area contributed by atoms with Crippen LogP contribution in [0.4, 0.5) is 10.3 Å². The van der Waals surface area contributed by atoms with Crippen LogP contribution >= 0.6 is 15.9 Å². The molecular weight excluding hydrogens is 403 g/mol. The number of hydrogen-bond donors (Lipinski definition) is 1. The number of rotatable bonds is 7. The van der Waals surface area contributed by atoms with Crippen molar-refractivity contribution in [3.63, 3.8) is 0 Å². The first-order chi connectivity index (χ1) is 12.6. The van der Waals surface area contributed by atoms with Gasteiger partial charge in [-0.15, -0.1) is 5.10 Å². The molecule has 134 valence electrons. The SMILES string of the molecule is O=C(CCOc1ccc(F)cc1)Nc1ncn(Cc2ccc(Br)cc2)n1. The zero-order valence-electron chi connectivity index (χ0n) is 13.7. The standard InChI is InChI=1S/C18H16BrFN4O2/c19-14-3-1-13(2-4-14)11-24-12-21-18(23-24)22-17(25)9-10-26-16-7-5-15(20)6-8-16/h1-8,12H,9-11H2,(H,22,23,25). The fourth-order valence-corrected chi connectivity index (χ4v) is 2.45. The van der Waals surface area contributed by atoms with Gasteiger partial charge in [0.25, 0.3) is 0 Å². The molecule has 0 saturated heterocycles. The Morgan fingerprint density at radius 3 is 2.62 bits per heavy atom. The van der Waals surface area contributed by atoms with E-state index in [1.807, 2.05) is 24.3 Å². The second-order valence-corrected chi connectivity index (χ2v) is 6.41. The highest BCUT2D eigenvalue weighted by Crippen LogP contribution is 2.12. The van der Waals surface area contributed by atoms with Crippen molar-refractivity contribution in [2.75, 3.05) is 11.9 Å². The van der Waals surface area contributed by atoms with Crippen molar-refractivity contribution in [1.82, 2.24) is 14.8 Å². The van der Waals surface area contributed by atoms with Crippen LogP contribution < -0.4 is 10.1 Å². The number of anilines is 1. The van der Waals surface area contributed by atoms with E-state index < -0.39 is 0 Å². The summed E-state index contributed by atoms with van der Waals surface area (Å²) in [5.74, 6) is 0.165. The summed E-state index contributed by atoms with van der Waals surface area (Å²) in [5, 5.41) is 6.85. The van der Waals surface area contributed by atoms with Crippen LogP contribution in [0.25, 0.3) is 0 Å². The van der Waals surface area contributed by atoms with Gasteiger partial charge in [-0.2, -0.15) is 0 Å². The van der Waals surface area contributed by atoms with Crippen LogP contribution in [0.2, 0.25) is 0 Å². The van der Waals surface area contributed by atoms with Gasteiger partial charge in [0, 0.05) is 4.47 Å². The molecule has 0 radical (unpaired) electrons. The van der Waals surface area contributed by atoms with Gasteiger partial charge >= 0.3 is 0 Å². The topological polar surface area (TPSA) is 69.0 Å². The maximum atomic E-state index is 12.8. The fourth-order valence-electron chi connectivity index (χ4n) is 2.18. The maximum Gasteiger partial charge on any atom is 0.248 e. The van der Waals surface area contributed by atoms with Gasteiger partial charge in [-0.05, 0) is 42.0 Å². The number of hydrogen-bond acceptors (Lipinski definition) is 4. The van der Waals surface area contributed by atoms with Gasteiger partial charge in [0.2, 0.25) is 11.9 Å². The lowest BCUT2D eigenvalue weighted by molar-refractivity contribution is -0.116. The van der Waals surface area contributed by atoms with Crippen molar-refractivity contribution in [3.8, 4) is 5.75 Å². The van der Waals surface area contributed by atoms with Gasteiger partial charge in [0.05, 0.1) is 19.6 Å². The van der Waals surface area contributed by atoms with Crippen molar-refractivity contribution in [1.29, 1.82) is 0 Å². The van der Waals surface area contributed by atoms with Crippen molar-refractivity contribution in [3.05, 3.63) is 70.7 Å². The van der Waals surface area contributed by atoms with Crippen molar-refractivity contribution in [2.45, 2.75) is 13.0 Å². The normalized spacial score (nSPS) is 10.5. The van der Waals surface area contributed by atoms with Crippen LogP contribution in [-0.4, -0.2) is 27.3 Å². The average molecular weight is 419 g/mol. The number of nitrogens with zero attached hydrogens (tertiary/aromatic N) is 3. The molecule has 1 aromatic heterocycles. The number of carbonyl (C=O) groups is 1. The second-order valence-electron chi connectivity index (χ2n) is 5.49. The Balaban J connectivity index is 1.45. The molecule has 0 spiro atoms. The lowest BCUT2D eigenvalue weighted by Crippen LogP contribution is -2.16. The van der Waals surface area contributed by atoms with Crippen LogP contribution in [0.5, 0.6) is 5.75 Å². The lowest BCUT2D eigenvalue weighted by atomic mass is 10.2. The third kappa shape index (κ3) is 5.38. The molecule has 0 unspecified atom stereocenters. The van der Waals surface area contributed by atoms with Gasteiger partial charge in [0.1, 0.15) is 17.9 Å². The molecule has 0 aliphatic rings. The smallest absolute Gasteiger partial charge is 0.248 e. The van der Waals surface area contributed by atoms with E-state index in [0.29, 0.717) is 12.3 Å². The number of carbonyl (C=O) groups excluding carboxylic acids is 1. The molecule has 6 nitrogen and oxygen atoms in total. The third-order valence-corrected chi connectivity index (χ3v) is 3.99. The van der Waals surface area contributed by atoms with E-state index in [4.69, 9.17) is 4.74 Å². The zero-order valence-corrected chi connectivity index (χ0v) is 15.3. The van der Waals surface area contributed by atoms with Crippen LogP contribution in [0.15, 0.2) is 59.3 Å². The molecule has 2 aromatic carbocycles. The Kier molecular flexibility index (Phi) is 5.96. The Morgan fingerprint density at radius 2 is 1.88 bits per heavy atom. The van der Waals surface area contributed by atoms with E-state index >= 15 is 0 Å². The summed E-state index contributed by atoms with van der Waals surface area (Å²) in [7, 11) is 0. The molecule has 1 N–H and O–H groups in total. The first-order valence-corrected chi connectivity index (χ1v) is 8.70. The van der Waals surface area contributed by atoms with E-state index in [-0.39, 0.29) is 30.7 Å². The van der Waals surface area contributed by atoms with E-state index in [9.17, 15) is 9.18 Å². The summed E-state index contributed by atoms with van der Waals surface area (Å²) in [6, 6.07) is 13.5. The van der Waals surface area contributed by atoms with Crippen LogP contribution in [0.1, 0.15) is 12.0 Å². The Labute approximate surface area is 158 Å². The highest BCUT2D eigenvalue weighted by atomic mass is 79.9. The van der Waals surface area contributed by atoms with Crippen molar-refractivity contribution in [2.24, 2.45) is 0 Å². The monoisotopic (exact) mass is 418 g/mol. The average Bonchev–Trinajstić information content (AvgIpc) is 3.05. The summed E-state index contributed by atoms with van der Waals surface area (Å²) in [4.78, 5) is 16.0. The van der Waals surface area contributed by atoms with Gasteiger partial charge in [-0.1, -0.05) is 28.1 Å². The van der Waals surface area contributed by atoms with Gasteiger partial charge in [0.15, 0.2) is 0 Å². The number of amides is 1. The number of halogens is 2. The number of aromatic nitrogens is 3. The summed E-state index contributed by atoms with van der Waals surface area (Å²) in [6.45, 7) is 0.737. The fraction of sp³-hybridized carbons (Fsp3) is 0.167. The molecule has 0 aliphatic heterocycles. The summed E-state index contributed by atoms with van der Waals surface area (Å²) in [5.41, 5.74) is 1.07. The lowest BCUT2D eigenvalue weighted by Gasteiger charge is -2.05. The Hall–Kier alpha value is -2.74. The Morgan fingerprint density at radius 1 is 1.15 bits per heavy atom. The molecule has 3 aromatic rings. The van der Waals surface area contributed by atoms with Gasteiger partial charge < -0.3 is 4.74 Å². The Bertz CT molecular complexity index is 866. The molecule has 1 heterocycles. The van der Waals surface area contributed by atoms with Crippen LogP contribution in [0, 0.1) is 5.82 Å². The molecule has 0 atom stereocenters. The van der Waals surface area contributed by atoms with Crippen molar-refractivity contribution < 1.29 is 13.9 Å². The summed E-state index contributed by atoms with van der Waals surface area (Å²) in [6.07, 6.45) is 1.70. The highest BCUT2D eigenvalue weighted by molar-refractivity contribution is 9.10. The van der Waals surface area contributed by atoms with Crippen LogP contribution in [-0.2, 0) is 11.3 Å². The molecule has 0 fully saturated rings. The van der Waals surface area contributed by atoms with E-state index in [1.165, 1.54) is 24.3 Å². The maximum absolute atomic E-state index is 12.8. The minimum Gasteiger partial charge on any atom is -0.493 e. The quantitative estimate of drug-likeness (QED) is 0.635. The van der Waals surface area contributed by atoms with E-state index in [2.05, 4.69) is 31.3 Å². The third-order valence-electron chi connectivity index (χ3n) is 3.46. The molecule has 1 amide bonds. The minimum absolute atomic E-state index is 0.138. The van der Waals surface area contributed by atoms with Gasteiger partial charge in [-0.25, -0.2) is 14.1 Å². The summed E-state index contributed by atoms with van der Waals surface area (Å²) < 4.78 is 20.8. The molecule has 8 heteroatoms. The minimum atomic E-state index is -0.333. The first kappa shape index (κ1) is 18.1. The molecule has 0 aliphatic carbocycles. The van der Waals surface area contributed by atoms with E-state index in [0.717, 1.165) is 10.0 Å². The number of benzene rings is 2. The second kappa shape index (κ2) is 8.57. The van der Waals surface area contributed by atoms with Crippen LogP contribution in [0.3, 0.4) is 0 Å². The predicted molar refractivity (Wildman–Crippen MR) is 98.4 cm³/mol. The number of ether oxygens (including phenoxy) is 1. The summed E-state index contributed by atoms with van der Waals surface area (Å²) >= 11 is 3.39. The highest BCUT2D eigenvalue weighted by Gasteiger charge is 2.07. The molecule has 0 saturated carbocycles. The number of nitrogens with one attached hydrogen (secondary N) is 1. The zero-order chi connectivity index (χ0) is 18.4. The van der Waals surface area contributed by atoms with E-state index in [1.54, 1.807) is 11.0 Å². The first-order valence-electron chi connectivity index (χ1n) is 7.90. The molecule has 3 rings (SSSR count).